The van der Waals surface area contributed by atoms with E-state index in [1.165, 1.54) is 10.6 Å². The van der Waals surface area contributed by atoms with E-state index in [-0.39, 0.29) is 24.3 Å². The van der Waals surface area contributed by atoms with E-state index < -0.39 is 7.92 Å². The van der Waals surface area contributed by atoms with Gasteiger partial charge in [-0.1, -0.05) is 60.7 Å². The van der Waals surface area contributed by atoms with E-state index in [1.807, 2.05) is 36.4 Å². The molecule has 1 N–H and O–H groups in total. The van der Waals surface area contributed by atoms with Crippen molar-refractivity contribution in [1.29, 1.82) is 0 Å². The van der Waals surface area contributed by atoms with Gasteiger partial charge in [0.1, 0.15) is 6.10 Å². The molecule has 0 spiro atoms. The first-order chi connectivity index (χ1) is 12.2. The Labute approximate surface area is 150 Å². The summed E-state index contributed by atoms with van der Waals surface area (Å²) in [5, 5.41) is 2.39. The molecule has 1 aliphatic rings. The van der Waals surface area contributed by atoms with Crippen LogP contribution in [0.2, 0.25) is 0 Å². The van der Waals surface area contributed by atoms with Gasteiger partial charge >= 0.3 is 11.8 Å². The minimum Gasteiger partial charge on any atom is -0.462 e. The van der Waals surface area contributed by atoms with Gasteiger partial charge in [0.05, 0.1) is 6.16 Å². The van der Waals surface area contributed by atoms with Gasteiger partial charge in [0, 0.05) is 0 Å². The average molecular weight is 355 g/mol. The summed E-state index contributed by atoms with van der Waals surface area (Å²) in [6.07, 6.45) is 4.69. The van der Waals surface area contributed by atoms with Crippen LogP contribution in [-0.2, 0) is 9.53 Å². The summed E-state index contributed by atoms with van der Waals surface area (Å²) in [6, 6.07) is 20.4. The maximum absolute atomic E-state index is 12.1. The molecule has 0 saturated heterocycles. The zero-order valence-corrected chi connectivity index (χ0v) is 15.2. The van der Waals surface area contributed by atoms with Crippen molar-refractivity contribution in [3.63, 3.8) is 0 Å². The van der Waals surface area contributed by atoms with Gasteiger partial charge in [-0.05, 0) is 44.2 Å². The van der Waals surface area contributed by atoms with Crippen LogP contribution in [-0.4, -0.2) is 28.8 Å². The van der Waals surface area contributed by atoms with Crippen molar-refractivity contribution in [2.24, 2.45) is 0 Å². The number of carbonyl (C=O) groups excluding carboxylic acids is 2. The molecule has 2 aromatic rings. The third kappa shape index (κ3) is 5.24. The Morgan fingerprint density at radius 2 is 1.48 bits per heavy atom. The average Bonchev–Trinajstić information content (AvgIpc) is 3.14. The summed E-state index contributed by atoms with van der Waals surface area (Å²) >= 11 is 0. The highest BCUT2D eigenvalue weighted by Gasteiger charge is 2.26. The smallest absolute Gasteiger partial charge is 0.319 e. The third-order valence-corrected chi connectivity index (χ3v) is 6.95. The molecule has 0 radical (unpaired) electrons. The van der Waals surface area contributed by atoms with Gasteiger partial charge in [0.2, 0.25) is 0 Å². The molecule has 0 unspecified atom stereocenters. The number of hydrogen-bond acceptors (Lipinski definition) is 2. The van der Waals surface area contributed by atoms with Crippen LogP contribution in [0.1, 0.15) is 32.1 Å². The largest absolute Gasteiger partial charge is 0.462 e. The van der Waals surface area contributed by atoms with Crippen molar-refractivity contribution in [3.05, 3.63) is 60.7 Å². The molecule has 0 bridgehead atoms. The van der Waals surface area contributed by atoms with E-state index in [0.29, 0.717) is 6.16 Å². The predicted molar refractivity (Wildman–Crippen MR) is 104 cm³/mol. The molecule has 4 heteroatoms. The minimum absolute atomic E-state index is 0.00496. The van der Waals surface area contributed by atoms with Crippen LogP contribution in [0.15, 0.2) is 60.7 Å². The number of ether oxygens (including phenoxy) is 1. The molecule has 0 atom stereocenters. The lowest BCUT2D eigenvalue weighted by molar-refractivity contribution is -0.147. The van der Waals surface area contributed by atoms with Crippen molar-refractivity contribution in [2.75, 3.05) is 6.16 Å². The molecular weight excluding hydrogens is 331 g/mol. The van der Waals surface area contributed by atoms with Gasteiger partial charge in [-0.2, -0.15) is 0 Å². The number of carbonyl (C=O) groups is 1. The minimum atomic E-state index is -0.731. The zero-order chi connectivity index (χ0) is 17.5. The molecule has 2 aromatic carbocycles. The number of hydrogen-bond donors (Lipinski definition) is 0. The summed E-state index contributed by atoms with van der Waals surface area (Å²) in [5.41, 5.74) is 0. The first-order valence-electron chi connectivity index (χ1n) is 8.83. The zero-order valence-electron chi connectivity index (χ0n) is 14.3. The Balaban J connectivity index is 1.65. The first kappa shape index (κ1) is 17.8. The second-order valence-corrected chi connectivity index (χ2v) is 8.60. The van der Waals surface area contributed by atoms with E-state index in [1.54, 1.807) is 0 Å². The van der Waals surface area contributed by atoms with Crippen LogP contribution in [0.3, 0.4) is 0 Å². The molecule has 0 aromatic heterocycles. The molecule has 0 amide bonds. The number of benzene rings is 2. The number of esters is 1. The Kier molecular flexibility index (Phi) is 6.36. The van der Waals surface area contributed by atoms with Gasteiger partial charge < -0.3 is 4.74 Å². The van der Waals surface area contributed by atoms with Crippen LogP contribution in [0.4, 0.5) is 0 Å². The summed E-state index contributed by atoms with van der Waals surface area (Å²) in [4.78, 5) is 22.5. The lowest BCUT2D eigenvalue weighted by atomic mass is 10.3. The molecule has 0 aliphatic heterocycles. The van der Waals surface area contributed by atoms with E-state index in [4.69, 9.17) is 4.74 Å². The summed E-state index contributed by atoms with van der Waals surface area (Å²) in [7, 11) is -0.731. The highest BCUT2D eigenvalue weighted by Crippen LogP contribution is 2.33. The van der Waals surface area contributed by atoms with Crippen LogP contribution < -0.4 is 10.6 Å². The van der Waals surface area contributed by atoms with E-state index >= 15 is 0 Å². The van der Waals surface area contributed by atoms with Crippen LogP contribution >= 0.6 is 7.92 Å². The molecule has 1 saturated carbocycles. The lowest BCUT2D eigenvalue weighted by Gasteiger charge is -2.16. The normalized spacial score (nSPS) is 14.6. The number of ketones is 1. The van der Waals surface area contributed by atoms with Crippen molar-refractivity contribution < 1.29 is 14.3 Å². The molecule has 1 aliphatic carbocycles. The summed E-state index contributed by atoms with van der Waals surface area (Å²) in [6.45, 7) is 0. The van der Waals surface area contributed by atoms with Gasteiger partial charge in [-0.15, -0.1) is 0 Å². The third-order valence-electron chi connectivity index (χ3n) is 4.43. The molecule has 0 heterocycles. The predicted octanol–water partition coefficient (Wildman–Crippen LogP) is 3.54. The second-order valence-electron chi connectivity index (χ2n) is 6.40. The quantitative estimate of drug-likeness (QED) is 0.330. The fourth-order valence-corrected chi connectivity index (χ4v) is 5.39. The fourth-order valence-electron chi connectivity index (χ4n) is 3.19. The first-order valence-corrected chi connectivity index (χ1v) is 10.4. The van der Waals surface area contributed by atoms with Gasteiger partial charge in [0.25, 0.3) is 0 Å². The monoisotopic (exact) mass is 355 g/mol. The Morgan fingerprint density at radius 3 is 2.00 bits per heavy atom. The van der Waals surface area contributed by atoms with Crippen molar-refractivity contribution in [1.82, 2.24) is 0 Å². The highest BCUT2D eigenvalue weighted by atomic mass is 31.1. The maximum atomic E-state index is 12.1. The number of rotatable bonds is 7. The Hall–Kier alpha value is -1.99. The SMILES string of the molecule is O=C(CC(=[OH+])CP(c1ccccc1)c1ccccc1)OC1CCCC1. The standard InChI is InChI=1S/C21H23O3P/c22-17(15-21(23)24-18-9-7-8-10-18)16-25(19-11-3-1-4-12-19)20-13-5-2-6-14-20/h1-6,11-14,18H,7-10,15-16H2/p+1. The van der Waals surface area contributed by atoms with E-state index in [2.05, 4.69) is 24.3 Å². The van der Waals surface area contributed by atoms with Gasteiger partial charge in [-0.3, -0.25) is 9.59 Å². The van der Waals surface area contributed by atoms with Crippen LogP contribution in [0.25, 0.3) is 0 Å². The van der Waals surface area contributed by atoms with E-state index in [9.17, 15) is 9.59 Å². The van der Waals surface area contributed by atoms with Crippen molar-refractivity contribution in [2.45, 2.75) is 38.2 Å². The molecule has 1 fully saturated rings. The van der Waals surface area contributed by atoms with Crippen molar-refractivity contribution >= 4 is 30.3 Å². The molecule has 130 valence electrons. The van der Waals surface area contributed by atoms with Gasteiger partial charge in [0.15, 0.2) is 6.42 Å². The van der Waals surface area contributed by atoms with Crippen LogP contribution in [0.5, 0.6) is 0 Å². The topological polar surface area (TPSA) is 47.7 Å². The molecular formula is C21H24O3P+. The molecule has 25 heavy (non-hydrogen) atoms. The maximum Gasteiger partial charge on any atom is 0.319 e. The lowest BCUT2D eigenvalue weighted by Crippen LogP contribution is -2.22. The summed E-state index contributed by atoms with van der Waals surface area (Å²) < 4.78 is 5.46. The van der Waals surface area contributed by atoms with Crippen LogP contribution in [0, 0.1) is 0 Å². The van der Waals surface area contributed by atoms with E-state index in [0.717, 1.165) is 25.7 Å². The molecule has 3 rings (SSSR count). The Morgan fingerprint density at radius 1 is 0.960 bits per heavy atom. The van der Waals surface area contributed by atoms with Crippen molar-refractivity contribution in [3.8, 4) is 0 Å². The molecule has 3 nitrogen and oxygen atoms in total. The second kappa shape index (κ2) is 8.92. The fraction of sp³-hybridized carbons (Fsp3) is 0.333. The summed E-state index contributed by atoms with van der Waals surface area (Å²) in [5.74, 6) is -0.0951. The Bertz CT molecular complexity index is 654. The van der Waals surface area contributed by atoms with Gasteiger partial charge in [-0.25, -0.2) is 0 Å². The highest BCUT2D eigenvalue weighted by molar-refractivity contribution is 7.73.